The highest BCUT2D eigenvalue weighted by atomic mass is 16.5. The van der Waals surface area contributed by atoms with E-state index in [4.69, 9.17) is 9.47 Å². The van der Waals surface area contributed by atoms with Gasteiger partial charge < -0.3 is 19.5 Å². The molecule has 0 radical (unpaired) electrons. The number of amides is 1. The van der Waals surface area contributed by atoms with Crippen molar-refractivity contribution in [2.24, 2.45) is 5.92 Å². The summed E-state index contributed by atoms with van der Waals surface area (Å²) in [6, 6.07) is 7.56. The van der Waals surface area contributed by atoms with E-state index in [9.17, 15) is 9.90 Å². The SMILES string of the molecule is COCc1cccc(C(=O)N2CCOC[C@@H]2[C@H]2CCC[C@@H]2O)c1. The Morgan fingerprint density at radius 3 is 3.04 bits per heavy atom. The fraction of sp³-hybridized carbons (Fsp3) is 0.611. The zero-order chi connectivity index (χ0) is 16.2. The van der Waals surface area contributed by atoms with Crippen molar-refractivity contribution >= 4 is 5.91 Å². The highest BCUT2D eigenvalue weighted by Crippen LogP contribution is 2.32. The molecule has 1 saturated carbocycles. The summed E-state index contributed by atoms with van der Waals surface area (Å²) >= 11 is 0. The molecule has 1 N–H and O–H groups in total. The Balaban J connectivity index is 1.79. The van der Waals surface area contributed by atoms with E-state index in [2.05, 4.69) is 0 Å². The van der Waals surface area contributed by atoms with E-state index in [0.717, 1.165) is 24.8 Å². The fourth-order valence-corrected chi connectivity index (χ4v) is 3.77. The minimum absolute atomic E-state index is 0.0235. The zero-order valence-corrected chi connectivity index (χ0v) is 13.6. The lowest BCUT2D eigenvalue weighted by Gasteiger charge is -2.40. The number of carbonyl (C=O) groups is 1. The number of carbonyl (C=O) groups excluding carboxylic acids is 1. The number of hydrogen-bond acceptors (Lipinski definition) is 4. The van der Waals surface area contributed by atoms with Crippen molar-refractivity contribution < 1.29 is 19.4 Å². The molecule has 1 aliphatic carbocycles. The smallest absolute Gasteiger partial charge is 0.254 e. The van der Waals surface area contributed by atoms with Crippen molar-refractivity contribution in [3.05, 3.63) is 35.4 Å². The molecule has 3 atom stereocenters. The molecule has 0 aromatic heterocycles. The standard InChI is InChI=1S/C18H25NO4/c1-22-11-13-4-2-5-14(10-13)18(21)19-8-9-23-12-16(19)15-6-3-7-17(15)20/h2,4-5,10,15-17,20H,3,6-9,11-12H2,1H3/t15-,16-,17+/m1/s1. The largest absolute Gasteiger partial charge is 0.393 e. The van der Waals surface area contributed by atoms with Crippen LogP contribution in [0.5, 0.6) is 0 Å². The quantitative estimate of drug-likeness (QED) is 0.920. The van der Waals surface area contributed by atoms with Crippen molar-refractivity contribution in [2.75, 3.05) is 26.9 Å². The molecule has 0 spiro atoms. The van der Waals surface area contributed by atoms with E-state index < -0.39 is 0 Å². The van der Waals surface area contributed by atoms with Crippen molar-refractivity contribution in [2.45, 2.75) is 38.0 Å². The van der Waals surface area contributed by atoms with Gasteiger partial charge in [-0.15, -0.1) is 0 Å². The van der Waals surface area contributed by atoms with Gasteiger partial charge in [-0.2, -0.15) is 0 Å². The number of nitrogens with zero attached hydrogens (tertiary/aromatic N) is 1. The number of benzene rings is 1. The van der Waals surface area contributed by atoms with Gasteiger partial charge in [0.25, 0.3) is 5.91 Å². The van der Waals surface area contributed by atoms with Crippen LogP contribution in [0.4, 0.5) is 0 Å². The first-order chi connectivity index (χ1) is 11.2. The highest BCUT2D eigenvalue weighted by Gasteiger charge is 2.39. The Morgan fingerprint density at radius 1 is 1.43 bits per heavy atom. The molecule has 23 heavy (non-hydrogen) atoms. The fourth-order valence-electron chi connectivity index (χ4n) is 3.77. The number of aliphatic hydroxyl groups excluding tert-OH is 1. The molecule has 1 aliphatic heterocycles. The van der Waals surface area contributed by atoms with Crippen LogP contribution in [0.15, 0.2) is 24.3 Å². The second-order valence-corrected chi connectivity index (χ2v) is 6.44. The molecule has 126 valence electrons. The Labute approximate surface area is 137 Å². The van der Waals surface area contributed by atoms with Gasteiger partial charge in [-0.1, -0.05) is 18.6 Å². The second kappa shape index (κ2) is 7.43. The summed E-state index contributed by atoms with van der Waals surface area (Å²) in [5, 5.41) is 10.2. The third-order valence-electron chi connectivity index (χ3n) is 4.94. The summed E-state index contributed by atoms with van der Waals surface area (Å²) in [4.78, 5) is 14.9. The first-order valence-corrected chi connectivity index (χ1v) is 8.35. The Bertz CT molecular complexity index is 548. The van der Waals surface area contributed by atoms with Crippen LogP contribution in [0.2, 0.25) is 0 Å². The maximum absolute atomic E-state index is 13.0. The molecule has 1 aromatic rings. The van der Waals surface area contributed by atoms with Crippen molar-refractivity contribution in [3.63, 3.8) is 0 Å². The van der Waals surface area contributed by atoms with Crippen LogP contribution in [0.25, 0.3) is 0 Å². The molecule has 5 heteroatoms. The van der Waals surface area contributed by atoms with E-state index in [1.54, 1.807) is 7.11 Å². The molecule has 5 nitrogen and oxygen atoms in total. The monoisotopic (exact) mass is 319 g/mol. The summed E-state index contributed by atoms with van der Waals surface area (Å²) in [6.07, 6.45) is 2.49. The van der Waals surface area contributed by atoms with Crippen LogP contribution in [-0.4, -0.2) is 54.9 Å². The summed E-state index contributed by atoms with van der Waals surface area (Å²) in [6.45, 7) is 2.16. The highest BCUT2D eigenvalue weighted by molar-refractivity contribution is 5.94. The van der Waals surface area contributed by atoms with E-state index in [1.165, 1.54) is 0 Å². The van der Waals surface area contributed by atoms with Crippen LogP contribution >= 0.6 is 0 Å². The zero-order valence-electron chi connectivity index (χ0n) is 13.6. The number of ether oxygens (including phenoxy) is 2. The molecule has 3 rings (SSSR count). The van der Waals surface area contributed by atoms with Crippen LogP contribution in [0.1, 0.15) is 35.2 Å². The minimum atomic E-state index is -0.322. The molecule has 0 unspecified atom stereocenters. The maximum Gasteiger partial charge on any atom is 0.254 e. The van der Waals surface area contributed by atoms with Crippen molar-refractivity contribution in [3.8, 4) is 0 Å². The first kappa shape index (κ1) is 16.4. The van der Waals surface area contributed by atoms with Gasteiger partial charge >= 0.3 is 0 Å². The van der Waals surface area contributed by atoms with Gasteiger partial charge in [0.2, 0.25) is 0 Å². The van der Waals surface area contributed by atoms with E-state index in [-0.39, 0.29) is 24.0 Å². The summed E-state index contributed by atoms with van der Waals surface area (Å²) in [7, 11) is 1.65. The third kappa shape index (κ3) is 3.57. The van der Waals surface area contributed by atoms with Crippen LogP contribution < -0.4 is 0 Å². The summed E-state index contributed by atoms with van der Waals surface area (Å²) in [5.74, 6) is 0.150. The summed E-state index contributed by atoms with van der Waals surface area (Å²) < 4.78 is 10.7. The summed E-state index contributed by atoms with van der Waals surface area (Å²) in [5.41, 5.74) is 1.67. The topological polar surface area (TPSA) is 59.0 Å². The molecule has 2 fully saturated rings. The predicted molar refractivity (Wildman–Crippen MR) is 86.1 cm³/mol. The van der Waals surface area contributed by atoms with Gasteiger partial charge in [-0.05, 0) is 30.5 Å². The average molecular weight is 319 g/mol. The normalized spacial score (nSPS) is 28.1. The van der Waals surface area contributed by atoms with Crippen molar-refractivity contribution in [1.29, 1.82) is 0 Å². The van der Waals surface area contributed by atoms with E-state index in [0.29, 0.717) is 31.9 Å². The number of methoxy groups -OCH3 is 1. The van der Waals surface area contributed by atoms with Gasteiger partial charge in [0, 0.05) is 25.1 Å². The molecular weight excluding hydrogens is 294 g/mol. The van der Waals surface area contributed by atoms with Crippen LogP contribution in [-0.2, 0) is 16.1 Å². The van der Waals surface area contributed by atoms with Crippen LogP contribution in [0.3, 0.4) is 0 Å². The first-order valence-electron chi connectivity index (χ1n) is 8.35. The van der Waals surface area contributed by atoms with Gasteiger partial charge in [0.15, 0.2) is 0 Å². The number of hydrogen-bond donors (Lipinski definition) is 1. The molecule has 1 heterocycles. The molecule has 0 bridgehead atoms. The minimum Gasteiger partial charge on any atom is -0.393 e. The van der Waals surface area contributed by atoms with Crippen LogP contribution in [0, 0.1) is 5.92 Å². The van der Waals surface area contributed by atoms with Gasteiger partial charge in [-0.25, -0.2) is 0 Å². The number of rotatable bonds is 4. The molecule has 1 amide bonds. The lowest BCUT2D eigenvalue weighted by molar-refractivity contribution is -0.0383. The Kier molecular flexibility index (Phi) is 5.30. The number of aliphatic hydroxyl groups is 1. The average Bonchev–Trinajstić information content (AvgIpc) is 3.01. The number of morpholine rings is 1. The Hall–Kier alpha value is -1.43. The van der Waals surface area contributed by atoms with Crippen molar-refractivity contribution in [1.82, 2.24) is 4.90 Å². The van der Waals surface area contributed by atoms with Gasteiger partial charge in [0.05, 0.1) is 32.0 Å². The van der Waals surface area contributed by atoms with E-state index >= 15 is 0 Å². The predicted octanol–water partition coefficient (Wildman–Crippen LogP) is 1.83. The maximum atomic E-state index is 13.0. The van der Waals surface area contributed by atoms with E-state index in [1.807, 2.05) is 29.2 Å². The lowest BCUT2D eigenvalue weighted by Crippen LogP contribution is -2.53. The third-order valence-corrected chi connectivity index (χ3v) is 4.94. The van der Waals surface area contributed by atoms with Gasteiger partial charge in [0.1, 0.15) is 0 Å². The molecule has 1 saturated heterocycles. The Morgan fingerprint density at radius 2 is 2.30 bits per heavy atom. The molecule has 2 aliphatic rings. The molecule has 1 aromatic carbocycles. The second-order valence-electron chi connectivity index (χ2n) is 6.44. The lowest BCUT2D eigenvalue weighted by atomic mass is 9.93. The molecular formula is C18H25NO4. The van der Waals surface area contributed by atoms with Gasteiger partial charge in [-0.3, -0.25) is 4.79 Å².